The highest BCUT2D eigenvalue weighted by molar-refractivity contribution is 7.12. The molecule has 2 aromatic carbocycles. The molecule has 4 rings (SSSR count). The van der Waals surface area contributed by atoms with E-state index >= 15 is 0 Å². The summed E-state index contributed by atoms with van der Waals surface area (Å²) in [6.07, 6.45) is -2.22. The number of thiophene rings is 1. The number of hydrogen-bond acceptors (Lipinski definition) is 6. The van der Waals surface area contributed by atoms with Gasteiger partial charge in [0, 0.05) is 11.1 Å². The zero-order chi connectivity index (χ0) is 26.0. The number of ether oxygens (including phenoxy) is 1. The topological polar surface area (TPSA) is 88.1 Å². The highest BCUT2D eigenvalue weighted by Gasteiger charge is 2.35. The Hall–Kier alpha value is -3.85. The lowest BCUT2D eigenvalue weighted by Gasteiger charge is -2.26. The number of amides is 2. The number of nitrogens with one attached hydrogen (secondary N) is 1. The fourth-order valence-electron chi connectivity index (χ4n) is 3.91. The third-order valence-electron chi connectivity index (χ3n) is 5.39. The summed E-state index contributed by atoms with van der Waals surface area (Å²) >= 11 is 1.30. The lowest BCUT2D eigenvalue weighted by Crippen LogP contribution is -2.48. The van der Waals surface area contributed by atoms with Crippen molar-refractivity contribution in [2.45, 2.75) is 46.0 Å². The van der Waals surface area contributed by atoms with Gasteiger partial charge in [0.2, 0.25) is 6.17 Å². The SMILES string of the molecule is CC(=O)c1sccc1CN1C(=O)[C@@H](NC(=O)OC(C)(C)C)N=C(c2ccccc2F)c2ccccc21. The zero-order valence-corrected chi connectivity index (χ0v) is 21.2. The van der Waals surface area contributed by atoms with Gasteiger partial charge in [-0.25, -0.2) is 14.2 Å². The molecule has 0 fully saturated rings. The van der Waals surface area contributed by atoms with E-state index in [2.05, 4.69) is 10.3 Å². The van der Waals surface area contributed by atoms with Crippen LogP contribution in [0, 0.1) is 5.82 Å². The number of carbonyl (C=O) groups is 3. The molecule has 0 bridgehead atoms. The van der Waals surface area contributed by atoms with Gasteiger partial charge in [0.1, 0.15) is 11.4 Å². The second-order valence-corrected chi connectivity index (χ2v) is 10.2. The minimum atomic E-state index is -1.39. The number of rotatable bonds is 5. The van der Waals surface area contributed by atoms with Crippen molar-refractivity contribution in [1.82, 2.24) is 5.32 Å². The summed E-state index contributed by atoms with van der Waals surface area (Å²) < 4.78 is 20.3. The van der Waals surface area contributed by atoms with E-state index in [4.69, 9.17) is 4.74 Å². The molecule has 3 aromatic rings. The number of hydrogen-bond donors (Lipinski definition) is 1. The molecule has 1 aliphatic heterocycles. The highest BCUT2D eigenvalue weighted by Crippen LogP contribution is 2.31. The third-order valence-corrected chi connectivity index (χ3v) is 6.44. The quantitative estimate of drug-likeness (QED) is 0.473. The van der Waals surface area contributed by atoms with E-state index in [1.807, 2.05) is 0 Å². The van der Waals surface area contributed by atoms with Gasteiger partial charge in [-0.15, -0.1) is 11.3 Å². The monoisotopic (exact) mass is 507 g/mol. The van der Waals surface area contributed by atoms with E-state index < -0.39 is 29.6 Å². The lowest BCUT2D eigenvalue weighted by atomic mass is 9.99. The zero-order valence-electron chi connectivity index (χ0n) is 20.4. The molecule has 0 radical (unpaired) electrons. The van der Waals surface area contributed by atoms with Crippen LogP contribution in [-0.2, 0) is 16.1 Å². The molecule has 2 heterocycles. The number of Topliss-reactive ketones (excluding diaryl/α,β-unsaturated/α-hetero) is 1. The highest BCUT2D eigenvalue weighted by atomic mass is 32.1. The molecule has 9 heteroatoms. The number of benzodiazepines with no additional fused rings is 1. The maximum atomic E-state index is 14.9. The van der Waals surface area contributed by atoms with E-state index in [9.17, 15) is 18.8 Å². The Bertz CT molecular complexity index is 1360. The van der Waals surface area contributed by atoms with Crippen LogP contribution in [0.5, 0.6) is 0 Å². The Balaban J connectivity index is 1.85. The molecule has 36 heavy (non-hydrogen) atoms. The van der Waals surface area contributed by atoms with Gasteiger partial charge in [-0.3, -0.25) is 14.9 Å². The van der Waals surface area contributed by atoms with Gasteiger partial charge < -0.3 is 9.64 Å². The second kappa shape index (κ2) is 10.0. The third kappa shape index (κ3) is 5.36. The van der Waals surface area contributed by atoms with E-state index in [-0.39, 0.29) is 23.6 Å². The van der Waals surface area contributed by atoms with Gasteiger partial charge in [-0.1, -0.05) is 30.3 Å². The van der Waals surface area contributed by atoms with Crippen LogP contribution in [0.3, 0.4) is 0 Å². The van der Waals surface area contributed by atoms with Crippen molar-refractivity contribution in [2.24, 2.45) is 4.99 Å². The van der Waals surface area contributed by atoms with Crippen molar-refractivity contribution in [3.05, 3.63) is 87.4 Å². The number of fused-ring (bicyclic) bond motifs is 1. The average Bonchev–Trinajstić information content (AvgIpc) is 3.24. The van der Waals surface area contributed by atoms with Crippen molar-refractivity contribution in [2.75, 3.05) is 4.90 Å². The molecule has 0 saturated heterocycles. The first-order chi connectivity index (χ1) is 17.0. The van der Waals surface area contributed by atoms with E-state index in [0.29, 0.717) is 21.7 Å². The van der Waals surface area contributed by atoms with Gasteiger partial charge >= 0.3 is 6.09 Å². The van der Waals surface area contributed by atoms with Crippen LogP contribution in [-0.4, -0.2) is 35.3 Å². The van der Waals surface area contributed by atoms with E-state index in [1.54, 1.807) is 74.7 Å². The van der Waals surface area contributed by atoms with Gasteiger partial charge in [-0.2, -0.15) is 0 Å². The second-order valence-electron chi connectivity index (χ2n) is 9.28. The number of alkyl carbamates (subject to hydrolysis) is 1. The molecule has 0 spiro atoms. The van der Waals surface area contributed by atoms with Gasteiger partial charge in [0.25, 0.3) is 5.91 Å². The van der Waals surface area contributed by atoms with Gasteiger partial charge in [0.15, 0.2) is 5.78 Å². The van der Waals surface area contributed by atoms with Crippen molar-refractivity contribution in [3.8, 4) is 0 Å². The number of para-hydroxylation sites is 1. The Labute approximate surface area is 212 Å². The molecular weight excluding hydrogens is 481 g/mol. The standard InChI is InChI=1S/C27H26FN3O4S/c1-16(32)23-17(13-14-36-23)15-31-21-12-8-6-10-19(21)22(18-9-5-7-11-20(18)28)29-24(25(31)33)30-26(34)35-27(2,3)4/h5-14,24H,15H2,1-4H3,(H,30,34)/t24-/m1/s1. The molecule has 2 amide bonds. The molecule has 1 aliphatic rings. The normalized spacial score (nSPS) is 15.6. The lowest BCUT2D eigenvalue weighted by molar-refractivity contribution is -0.120. The number of benzene rings is 2. The maximum Gasteiger partial charge on any atom is 0.409 e. The van der Waals surface area contributed by atoms with Crippen LogP contribution < -0.4 is 10.2 Å². The molecule has 0 aliphatic carbocycles. The first-order valence-corrected chi connectivity index (χ1v) is 12.2. The van der Waals surface area contributed by atoms with Crippen LogP contribution in [0.2, 0.25) is 0 Å². The Morgan fingerprint density at radius 3 is 2.42 bits per heavy atom. The summed E-state index contributed by atoms with van der Waals surface area (Å²) in [5.74, 6) is -1.16. The summed E-state index contributed by atoms with van der Waals surface area (Å²) in [6, 6.07) is 14.9. The molecule has 1 atom stereocenters. The number of carbonyl (C=O) groups excluding carboxylic acids is 3. The molecule has 1 aromatic heterocycles. The minimum absolute atomic E-state index is 0.0703. The first kappa shape index (κ1) is 25.2. The summed E-state index contributed by atoms with van der Waals surface area (Å²) in [5, 5.41) is 4.33. The van der Waals surface area contributed by atoms with Crippen molar-refractivity contribution >= 4 is 40.5 Å². The molecule has 0 unspecified atom stereocenters. The number of aliphatic imine (C=N–C) groups is 1. The van der Waals surface area contributed by atoms with Crippen molar-refractivity contribution < 1.29 is 23.5 Å². The molecule has 186 valence electrons. The number of nitrogens with zero attached hydrogens (tertiary/aromatic N) is 2. The fourth-order valence-corrected chi connectivity index (χ4v) is 4.73. The average molecular weight is 508 g/mol. The minimum Gasteiger partial charge on any atom is -0.444 e. The van der Waals surface area contributed by atoms with Crippen LogP contribution in [0.15, 0.2) is 65.0 Å². The summed E-state index contributed by atoms with van der Waals surface area (Å²) in [5.41, 5.74) is 1.28. The van der Waals surface area contributed by atoms with Crippen LogP contribution in [0.4, 0.5) is 14.9 Å². The van der Waals surface area contributed by atoms with Crippen molar-refractivity contribution in [1.29, 1.82) is 0 Å². The Morgan fingerprint density at radius 1 is 1.08 bits per heavy atom. The molecule has 0 saturated carbocycles. The number of ketones is 1. The summed E-state index contributed by atoms with van der Waals surface area (Å²) in [4.78, 5) is 45.2. The fraction of sp³-hybridized carbons (Fsp3) is 0.259. The first-order valence-electron chi connectivity index (χ1n) is 11.4. The number of anilines is 1. The molecule has 7 nitrogen and oxygen atoms in total. The smallest absolute Gasteiger partial charge is 0.409 e. The van der Waals surface area contributed by atoms with Crippen LogP contribution >= 0.6 is 11.3 Å². The maximum absolute atomic E-state index is 14.9. The predicted octanol–water partition coefficient (Wildman–Crippen LogP) is 5.32. The van der Waals surface area contributed by atoms with Gasteiger partial charge in [-0.05, 0) is 62.9 Å². The summed E-state index contributed by atoms with van der Waals surface area (Å²) in [6.45, 7) is 6.66. The molecule has 1 N–H and O–H groups in total. The van der Waals surface area contributed by atoms with Crippen LogP contribution in [0.1, 0.15) is 54.1 Å². The molecular formula is C27H26FN3O4S. The van der Waals surface area contributed by atoms with E-state index in [0.717, 1.165) is 0 Å². The number of halogens is 1. The predicted molar refractivity (Wildman–Crippen MR) is 137 cm³/mol. The van der Waals surface area contributed by atoms with E-state index in [1.165, 1.54) is 29.2 Å². The Kier molecular flexibility index (Phi) is 7.03. The van der Waals surface area contributed by atoms with Crippen molar-refractivity contribution in [3.63, 3.8) is 0 Å². The summed E-state index contributed by atoms with van der Waals surface area (Å²) in [7, 11) is 0. The van der Waals surface area contributed by atoms with Gasteiger partial charge in [0.05, 0.1) is 22.8 Å². The Morgan fingerprint density at radius 2 is 1.75 bits per heavy atom. The largest absolute Gasteiger partial charge is 0.444 e. The van der Waals surface area contributed by atoms with Crippen LogP contribution in [0.25, 0.3) is 0 Å².